The van der Waals surface area contributed by atoms with E-state index in [0.29, 0.717) is 17.2 Å². The second-order valence-electron chi connectivity index (χ2n) is 6.49. The molecule has 0 aliphatic heterocycles. The van der Waals surface area contributed by atoms with Gasteiger partial charge in [0.05, 0.1) is 22.9 Å². The summed E-state index contributed by atoms with van der Waals surface area (Å²) < 4.78 is 11.0. The lowest BCUT2D eigenvalue weighted by Gasteiger charge is -2.09. The van der Waals surface area contributed by atoms with Crippen LogP contribution in [0.2, 0.25) is 0 Å². The summed E-state index contributed by atoms with van der Waals surface area (Å²) in [4.78, 5) is 23.3. The molecule has 2 N–H and O–H groups in total. The minimum absolute atomic E-state index is 0.105. The number of benzene rings is 2. The van der Waals surface area contributed by atoms with Gasteiger partial charge >= 0.3 is 0 Å². The molecule has 0 radical (unpaired) electrons. The number of nitrogens with one attached hydrogen (secondary N) is 2. The molecule has 0 saturated heterocycles. The maximum Gasteiger partial charge on any atom is 0.276 e. The number of aryl methyl sites for hydroxylation is 1. The van der Waals surface area contributed by atoms with Crippen molar-refractivity contribution in [2.45, 2.75) is 6.92 Å². The molecule has 150 valence electrons. The van der Waals surface area contributed by atoms with Crippen LogP contribution in [0.4, 0.5) is 11.4 Å². The van der Waals surface area contributed by atoms with E-state index < -0.39 is 10.8 Å². The van der Waals surface area contributed by atoms with Crippen LogP contribution in [0.25, 0.3) is 11.5 Å². The van der Waals surface area contributed by atoms with Crippen LogP contribution >= 0.6 is 0 Å². The second-order valence-corrected chi connectivity index (χ2v) is 6.49. The third-order valence-electron chi connectivity index (χ3n) is 4.21. The van der Waals surface area contributed by atoms with Crippen molar-refractivity contribution in [2.24, 2.45) is 0 Å². The number of H-pyrrole nitrogens is 1. The summed E-state index contributed by atoms with van der Waals surface area (Å²) in [6.07, 6.45) is 1.51. The topological polar surface area (TPSA) is 123 Å². The van der Waals surface area contributed by atoms with Crippen LogP contribution in [0, 0.1) is 17.0 Å². The fourth-order valence-electron chi connectivity index (χ4n) is 2.75. The molecule has 1 amide bonds. The van der Waals surface area contributed by atoms with E-state index in [4.69, 9.17) is 9.15 Å². The summed E-state index contributed by atoms with van der Waals surface area (Å²) >= 11 is 0. The minimum Gasteiger partial charge on any atom is -0.463 e. The van der Waals surface area contributed by atoms with Gasteiger partial charge in [-0.2, -0.15) is 5.10 Å². The predicted molar refractivity (Wildman–Crippen MR) is 109 cm³/mol. The van der Waals surface area contributed by atoms with Gasteiger partial charge in [-0.25, -0.2) is 0 Å². The number of non-ortho nitro benzene ring substituents is 1. The quantitative estimate of drug-likeness (QED) is 0.347. The van der Waals surface area contributed by atoms with Crippen molar-refractivity contribution >= 4 is 17.3 Å². The molecule has 2 aromatic carbocycles. The monoisotopic (exact) mass is 404 g/mol. The summed E-state index contributed by atoms with van der Waals surface area (Å²) in [6.45, 7) is 1.94. The highest BCUT2D eigenvalue weighted by atomic mass is 16.6. The van der Waals surface area contributed by atoms with Gasteiger partial charge in [-0.15, -0.1) is 0 Å². The van der Waals surface area contributed by atoms with Crippen LogP contribution in [0.1, 0.15) is 16.1 Å². The van der Waals surface area contributed by atoms with Gasteiger partial charge in [0.15, 0.2) is 11.5 Å². The molecule has 9 nitrogen and oxygen atoms in total. The number of ether oxygens (including phenoxy) is 1. The summed E-state index contributed by atoms with van der Waals surface area (Å²) in [7, 11) is 0. The molecular formula is C21H16N4O5. The fraction of sp³-hybridized carbons (Fsp3) is 0.0476. The molecule has 0 unspecified atom stereocenters. The average Bonchev–Trinajstić information content (AvgIpc) is 3.41. The zero-order valence-electron chi connectivity index (χ0n) is 15.8. The number of nitro groups is 1. The van der Waals surface area contributed by atoms with Crippen LogP contribution in [0.5, 0.6) is 11.5 Å². The molecule has 30 heavy (non-hydrogen) atoms. The Hall–Kier alpha value is -4.40. The number of nitrogens with zero attached hydrogens (tertiary/aromatic N) is 2. The van der Waals surface area contributed by atoms with Gasteiger partial charge in [-0.3, -0.25) is 20.0 Å². The molecule has 2 heterocycles. The number of furan rings is 1. The lowest BCUT2D eigenvalue weighted by molar-refractivity contribution is -0.384. The first-order valence-electron chi connectivity index (χ1n) is 8.92. The molecule has 4 rings (SSSR count). The number of anilines is 1. The number of carbonyl (C=O) groups excluding carboxylic acids is 1. The molecule has 0 aliphatic carbocycles. The summed E-state index contributed by atoms with van der Waals surface area (Å²) in [5.74, 6) is 0.743. The number of aromatic amines is 1. The Morgan fingerprint density at radius 2 is 1.93 bits per heavy atom. The van der Waals surface area contributed by atoms with E-state index in [-0.39, 0.29) is 22.8 Å². The number of rotatable bonds is 6. The molecular weight excluding hydrogens is 388 g/mol. The number of nitro benzene ring substituents is 1. The highest BCUT2D eigenvalue weighted by Crippen LogP contribution is 2.30. The van der Waals surface area contributed by atoms with E-state index in [0.717, 1.165) is 5.56 Å². The molecule has 0 saturated carbocycles. The maximum absolute atomic E-state index is 12.6. The van der Waals surface area contributed by atoms with Crippen molar-refractivity contribution < 1.29 is 18.9 Å². The molecule has 0 bridgehead atoms. The molecule has 9 heteroatoms. The van der Waals surface area contributed by atoms with E-state index in [1.165, 1.54) is 30.5 Å². The van der Waals surface area contributed by atoms with Crippen molar-refractivity contribution in [1.29, 1.82) is 0 Å². The molecule has 0 spiro atoms. The first-order chi connectivity index (χ1) is 14.5. The van der Waals surface area contributed by atoms with Crippen LogP contribution in [-0.4, -0.2) is 21.0 Å². The molecule has 0 aliphatic rings. The van der Waals surface area contributed by atoms with Gasteiger partial charge in [-0.1, -0.05) is 17.7 Å². The van der Waals surface area contributed by atoms with Crippen molar-refractivity contribution in [2.75, 3.05) is 5.32 Å². The molecule has 0 fully saturated rings. The van der Waals surface area contributed by atoms with E-state index in [1.807, 2.05) is 19.1 Å². The fourth-order valence-corrected chi connectivity index (χ4v) is 2.75. The van der Waals surface area contributed by atoms with Gasteiger partial charge in [0, 0.05) is 18.2 Å². The second kappa shape index (κ2) is 7.92. The number of aromatic nitrogens is 2. The first kappa shape index (κ1) is 18.9. The van der Waals surface area contributed by atoms with Crippen LogP contribution in [0.3, 0.4) is 0 Å². The van der Waals surface area contributed by atoms with Gasteiger partial charge < -0.3 is 14.5 Å². The zero-order valence-corrected chi connectivity index (χ0v) is 15.8. The zero-order chi connectivity index (χ0) is 21.1. The Balaban J connectivity index is 1.57. The third kappa shape index (κ3) is 4.20. The lowest BCUT2D eigenvalue weighted by atomic mass is 10.2. The molecule has 0 atom stereocenters. The summed E-state index contributed by atoms with van der Waals surface area (Å²) in [6, 6.07) is 16.3. The number of hydrogen-bond donors (Lipinski definition) is 2. The minimum atomic E-state index is -0.554. The van der Waals surface area contributed by atoms with E-state index in [2.05, 4.69) is 15.5 Å². The van der Waals surface area contributed by atoms with Gasteiger partial charge in [-0.05, 0) is 31.2 Å². The van der Waals surface area contributed by atoms with E-state index in [1.54, 1.807) is 24.3 Å². The summed E-state index contributed by atoms with van der Waals surface area (Å²) in [5, 5.41) is 20.6. The Kier molecular flexibility index (Phi) is 5.00. The van der Waals surface area contributed by atoms with Crippen molar-refractivity contribution in [3.63, 3.8) is 0 Å². The number of amides is 1. The van der Waals surface area contributed by atoms with Crippen molar-refractivity contribution in [3.8, 4) is 23.0 Å². The van der Waals surface area contributed by atoms with Crippen LogP contribution in [0.15, 0.2) is 71.3 Å². The summed E-state index contributed by atoms with van der Waals surface area (Å²) in [5.41, 5.74) is 1.69. The first-order valence-corrected chi connectivity index (χ1v) is 8.92. The molecule has 2 aromatic heterocycles. The van der Waals surface area contributed by atoms with Crippen molar-refractivity contribution in [3.05, 3.63) is 88.3 Å². The number of carbonyl (C=O) groups is 1. The number of hydrogen-bond acceptors (Lipinski definition) is 6. The van der Waals surface area contributed by atoms with Crippen LogP contribution in [-0.2, 0) is 0 Å². The Labute approximate surface area is 170 Å². The smallest absolute Gasteiger partial charge is 0.276 e. The Morgan fingerprint density at radius 1 is 1.13 bits per heavy atom. The SMILES string of the molecule is Cc1ccc(Oc2cc(NC(=O)c3cc(-c4ccco4)[nH]n3)cc([N+](=O)[O-])c2)cc1. The van der Waals surface area contributed by atoms with Gasteiger partial charge in [0.1, 0.15) is 17.2 Å². The maximum atomic E-state index is 12.6. The highest BCUT2D eigenvalue weighted by Gasteiger charge is 2.16. The average molecular weight is 404 g/mol. The Bertz CT molecular complexity index is 1200. The van der Waals surface area contributed by atoms with Crippen molar-refractivity contribution in [1.82, 2.24) is 10.2 Å². The largest absolute Gasteiger partial charge is 0.463 e. The predicted octanol–water partition coefficient (Wildman–Crippen LogP) is 4.93. The normalized spacial score (nSPS) is 10.6. The lowest BCUT2D eigenvalue weighted by Crippen LogP contribution is -2.12. The third-order valence-corrected chi connectivity index (χ3v) is 4.21. The van der Waals surface area contributed by atoms with Gasteiger partial charge in [0.2, 0.25) is 0 Å². The highest BCUT2D eigenvalue weighted by molar-refractivity contribution is 6.03. The molecule has 4 aromatic rings. The van der Waals surface area contributed by atoms with E-state index in [9.17, 15) is 14.9 Å². The van der Waals surface area contributed by atoms with Gasteiger partial charge in [0.25, 0.3) is 11.6 Å². The standard InChI is InChI=1S/C21H16N4O5/c1-13-4-6-16(7-5-13)30-17-10-14(9-15(11-17)25(27)28)22-21(26)19-12-18(23-24-19)20-3-2-8-29-20/h2-12H,1H3,(H,22,26)(H,23,24). The Morgan fingerprint density at radius 3 is 2.63 bits per heavy atom. The van der Waals surface area contributed by atoms with E-state index >= 15 is 0 Å². The van der Waals surface area contributed by atoms with Crippen LogP contribution < -0.4 is 10.1 Å².